The number of carbonyl (C=O) groups is 1. The Bertz CT molecular complexity index is 399. The average Bonchev–Trinajstić information content (AvgIpc) is 2.90. The molecule has 1 amide bonds. The van der Waals surface area contributed by atoms with E-state index in [1.807, 2.05) is 0 Å². The second kappa shape index (κ2) is 7.84. The molecule has 0 aromatic rings. The predicted molar refractivity (Wildman–Crippen MR) is 91.0 cm³/mol. The molecule has 5 nitrogen and oxygen atoms in total. The number of amides is 1. The first-order valence-electron chi connectivity index (χ1n) is 8.80. The van der Waals surface area contributed by atoms with E-state index >= 15 is 0 Å². The van der Waals surface area contributed by atoms with E-state index in [-0.39, 0.29) is 5.91 Å². The number of hydrogen-bond acceptors (Lipinski definition) is 2. The smallest absolute Gasteiger partial charge is 0.223 e. The Morgan fingerprint density at radius 2 is 1.95 bits per heavy atom. The van der Waals surface area contributed by atoms with Crippen molar-refractivity contribution in [2.24, 2.45) is 10.4 Å². The van der Waals surface area contributed by atoms with Gasteiger partial charge in [-0.25, -0.2) is 0 Å². The summed E-state index contributed by atoms with van der Waals surface area (Å²) in [6, 6.07) is 0. The molecule has 0 radical (unpaired) electrons. The van der Waals surface area contributed by atoms with Gasteiger partial charge in [-0.1, -0.05) is 19.3 Å². The second-order valence-electron chi connectivity index (χ2n) is 7.01. The first kappa shape index (κ1) is 17.1. The second-order valence-corrected chi connectivity index (χ2v) is 7.01. The van der Waals surface area contributed by atoms with E-state index in [1.54, 1.807) is 19.0 Å². The summed E-state index contributed by atoms with van der Waals surface area (Å²) in [5.41, 5.74) is 0.536. The van der Waals surface area contributed by atoms with E-state index in [0.29, 0.717) is 18.4 Å². The standard InChI is InChI=1S/C17H32N4O/c1-4-18-16(19-12-8-15(22)20(2)3)21-13-11-17(14-21)9-6-5-7-10-17/h4-14H2,1-3H3,(H,18,19). The van der Waals surface area contributed by atoms with Crippen molar-refractivity contribution >= 4 is 11.9 Å². The molecule has 1 saturated carbocycles. The summed E-state index contributed by atoms with van der Waals surface area (Å²) >= 11 is 0. The molecule has 1 N–H and O–H groups in total. The summed E-state index contributed by atoms with van der Waals surface area (Å²) in [7, 11) is 3.59. The fourth-order valence-corrected chi connectivity index (χ4v) is 3.73. The monoisotopic (exact) mass is 308 g/mol. The van der Waals surface area contributed by atoms with Crippen molar-refractivity contribution in [1.29, 1.82) is 0 Å². The molecule has 1 aliphatic carbocycles. The third-order valence-corrected chi connectivity index (χ3v) is 5.07. The summed E-state index contributed by atoms with van der Waals surface area (Å²) in [6.07, 6.45) is 8.72. The van der Waals surface area contributed by atoms with Crippen LogP contribution in [0.1, 0.15) is 51.9 Å². The summed E-state index contributed by atoms with van der Waals surface area (Å²) in [4.78, 5) is 20.4. The number of aliphatic imine (C=N–C) groups is 1. The molecule has 1 heterocycles. The number of guanidine groups is 1. The molecule has 0 aromatic carbocycles. The molecular weight excluding hydrogens is 276 g/mol. The molecule has 22 heavy (non-hydrogen) atoms. The minimum Gasteiger partial charge on any atom is -0.357 e. The van der Waals surface area contributed by atoms with Crippen molar-refractivity contribution in [3.8, 4) is 0 Å². The lowest BCUT2D eigenvalue weighted by Crippen LogP contribution is -2.41. The van der Waals surface area contributed by atoms with Crippen LogP contribution >= 0.6 is 0 Å². The predicted octanol–water partition coefficient (Wildman–Crippen LogP) is 2.09. The molecule has 126 valence electrons. The third kappa shape index (κ3) is 4.37. The van der Waals surface area contributed by atoms with Gasteiger partial charge in [-0.15, -0.1) is 0 Å². The molecule has 0 bridgehead atoms. The van der Waals surface area contributed by atoms with E-state index in [4.69, 9.17) is 0 Å². The van der Waals surface area contributed by atoms with Gasteiger partial charge in [0.15, 0.2) is 5.96 Å². The average molecular weight is 308 g/mol. The van der Waals surface area contributed by atoms with Gasteiger partial charge in [-0.3, -0.25) is 9.79 Å². The number of nitrogens with zero attached hydrogens (tertiary/aromatic N) is 3. The Hall–Kier alpha value is -1.26. The third-order valence-electron chi connectivity index (χ3n) is 5.07. The zero-order valence-corrected chi connectivity index (χ0v) is 14.5. The highest BCUT2D eigenvalue weighted by Gasteiger charge is 2.39. The Labute approximate surface area is 135 Å². The number of carbonyl (C=O) groups excluding carboxylic acids is 1. The van der Waals surface area contributed by atoms with Crippen LogP contribution in [0.3, 0.4) is 0 Å². The van der Waals surface area contributed by atoms with Crippen molar-refractivity contribution in [3.63, 3.8) is 0 Å². The van der Waals surface area contributed by atoms with Crippen LogP contribution in [0.4, 0.5) is 0 Å². The van der Waals surface area contributed by atoms with Crippen molar-refractivity contribution in [2.45, 2.75) is 51.9 Å². The van der Waals surface area contributed by atoms with Crippen LogP contribution in [-0.2, 0) is 4.79 Å². The van der Waals surface area contributed by atoms with Crippen LogP contribution in [0.25, 0.3) is 0 Å². The highest BCUT2D eigenvalue weighted by Crippen LogP contribution is 2.43. The molecule has 1 saturated heterocycles. The summed E-state index contributed by atoms with van der Waals surface area (Å²) in [6.45, 7) is 5.80. The largest absolute Gasteiger partial charge is 0.357 e. The van der Waals surface area contributed by atoms with Gasteiger partial charge in [-0.05, 0) is 31.6 Å². The highest BCUT2D eigenvalue weighted by atomic mass is 16.2. The van der Waals surface area contributed by atoms with E-state index in [0.717, 1.165) is 25.6 Å². The molecule has 1 aliphatic heterocycles. The van der Waals surface area contributed by atoms with Gasteiger partial charge in [0.2, 0.25) is 5.91 Å². The lowest BCUT2D eigenvalue weighted by Gasteiger charge is -2.33. The molecule has 0 aromatic heterocycles. The minimum atomic E-state index is 0.143. The van der Waals surface area contributed by atoms with Gasteiger partial charge in [0.1, 0.15) is 0 Å². The number of nitrogens with one attached hydrogen (secondary N) is 1. The van der Waals surface area contributed by atoms with Crippen LogP contribution in [-0.4, -0.2) is 61.9 Å². The van der Waals surface area contributed by atoms with Crippen LogP contribution in [0, 0.1) is 5.41 Å². The molecule has 1 spiro atoms. The highest BCUT2D eigenvalue weighted by molar-refractivity contribution is 5.81. The molecule has 2 fully saturated rings. The van der Waals surface area contributed by atoms with Gasteiger partial charge in [0.05, 0.1) is 6.54 Å². The fourth-order valence-electron chi connectivity index (χ4n) is 3.73. The first-order chi connectivity index (χ1) is 10.6. The fraction of sp³-hybridized carbons (Fsp3) is 0.882. The van der Waals surface area contributed by atoms with Crippen molar-refractivity contribution in [2.75, 3.05) is 40.3 Å². The number of hydrogen-bond donors (Lipinski definition) is 1. The molecule has 5 heteroatoms. The minimum absolute atomic E-state index is 0.143. The molecule has 0 unspecified atom stereocenters. The Kier molecular flexibility index (Phi) is 6.09. The molecule has 0 atom stereocenters. The number of likely N-dealkylation sites (tertiary alicyclic amines) is 1. The molecular formula is C17H32N4O. The van der Waals surface area contributed by atoms with Gasteiger partial charge in [0, 0.05) is 40.2 Å². The maximum atomic E-state index is 11.7. The van der Waals surface area contributed by atoms with Crippen LogP contribution in [0.2, 0.25) is 0 Å². The quantitative estimate of drug-likeness (QED) is 0.639. The summed E-state index contributed by atoms with van der Waals surface area (Å²) in [5.74, 6) is 1.14. The van der Waals surface area contributed by atoms with E-state index in [9.17, 15) is 4.79 Å². The lowest BCUT2D eigenvalue weighted by molar-refractivity contribution is -0.128. The van der Waals surface area contributed by atoms with E-state index in [1.165, 1.54) is 38.5 Å². The maximum absolute atomic E-state index is 11.7. The maximum Gasteiger partial charge on any atom is 0.223 e. The Balaban J connectivity index is 1.92. The summed E-state index contributed by atoms with van der Waals surface area (Å²) < 4.78 is 0. The van der Waals surface area contributed by atoms with Crippen molar-refractivity contribution in [3.05, 3.63) is 0 Å². The lowest BCUT2D eigenvalue weighted by atomic mass is 9.73. The first-order valence-corrected chi connectivity index (χ1v) is 8.80. The Morgan fingerprint density at radius 3 is 2.59 bits per heavy atom. The zero-order valence-electron chi connectivity index (χ0n) is 14.5. The van der Waals surface area contributed by atoms with Crippen LogP contribution in [0.15, 0.2) is 4.99 Å². The van der Waals surface area contributed by atoms with Gasteiger partial charge in [-0.2, -0.15) is 0 Å². The van der Waals surface area contributed by atoms with E-state index < -0.39 is 0 Å². The zero-order chi connectivity index (χ0) is 16.0. The Morgan fingerprint density at radius 1 is 1.23 bits per heavy atom. The van der Waals surface area contributed by atoms with E-state index in [2.05, 4.69) is 22.1 Å². The van der Waals surface area contributed by atoms with Gasteiger partial charge >= 0.3 is 0 Å². The summed E-state index contributed by atoms with van der Waals surface area (Å²) in [5, 5.41) is 3.40. The topological polar surface area (TPSA) is 47.9 Å². The molecule has 2 rings (SSSR count). The van der Waals surface area contributed by atoms with Crippen molar-refractivity contribution in [1.82, 2.24) is 15.1 Å². The van der Waals surface area contributed by atoms with Crippen molar-refractivity contribution < 1.29 is 4.79 Å². The van der Waals surface area contributed by atoms with Gasteiger partial charge < -0.3 is 15.1 Å². The van der Waals surface area contributed by atoms with Crippen LogP contribution in [0.5, 0.6) is 0 Å². The SMILES string of the molecule is CCNC(=NCCC(=O)N(C)C)N1CCC2(CCCCC2)C1. The molecule has 2 aliphatic rings. The van der Waals surface area contributed by atoms with Crippen LogP contribution < -0.4 is 5.32 Å². The number of rotatable bonds is 4. The normalized spacial score (nSPS) is 21.2. The van der Waals surface area contributed by atoms with Gasteiger partial charge in [0.25, 0.3) is 0 Å².